The summed E-state index contributed by atoms with van der Waals surface area (Å²) in [6.45, 7) is 5.50. The molecular formula is C25H43NO2. The molecule has 1 unspecified atom stereocenters. The van der Waals surface area contributed by atoms with Crippen molar-refractivity contribution in [3.63, 3.8) is 0 Å². The van der Waals surface area contributed by atoms with Crippen molar-refractivity contribution in [1.29, 1.82) is 0 Å². The summed E-state index contributed by atoms with van der Waals surface area (Å²) in [6, 6.07) is 10.8. The van der Waals surface area contributed by atoms with Crippen molar-refractivity contribution in [1.82, 2.24) is 5.32 Å². The van der Waals surface area contributed by atoms with E-state index in [0.29, 0.717) is 5.92 Å². The average Bonchev–Trinajstić information content (AvgIpc) is 2.72. The summed E-state index contributed by atoms with van der Waals surface area (Å²) < 4.78 is 0. The Hall–Kier alpha value is -1.16. The van der Waals surface area contributed by atoms with Gasteiger partial charge in [-0.15, -0.1) is 6.58 Å². The van der Waals surface area contributed by atoms with Crippen LogP contribution in [0.3, 0.4) is 0 Å². The van der Waals surface area contributed by atoms with E-state index in [4.69, 9.17) is 10.2 Å². The van der Waals surface area contributed by atoms with E-state index in [1.54, 1.807) is 0 Å². The minimum absolute atomic E-state index is 0.251. The predicted octanol–water partition coefficient (Wildman–Crippen LogP) is 5.79. The molecule has 0 amide bonds. The first-order chi connectivity index (χ1) is 13.8. The second-order valence-electron chi connectivity index (χ2n) is 7.94. The van der Waals surface area contributed by atoms with E-state index in [1.165, 1.54) is 63.4 Å². The van der Waals surface area contributed by atoms with Crippen LogP contribution >= 0.6 is 0 Å². The van der Waals surface area contributed by atoms with Crippen LogP contribution in [-0.2, 0) is 0 Å². The largest absolute Gasteiger partial charge is 0.396 e. The summed E-state index contributed by atoms with van der Waals surface area (Å²) in [5, 5.41) is 21.7. The Balaban J connectivity index is 1.90. The number of aliphatic hydroxyl groups excluding tert-OH is 2. The van der Waals surface area contributed by atoms with E-state index in [2.05, 4.69) is 42.2 Å². The molecule has 28 heavy (non-hydrogen) atoms. The molecule has 0 radical (unpaired) electrons. The molecule has 0 aliphatic heterocycles. The Labute approximate surface area is 173 Å². The number of benzene rings is 1. The van der Waals surface area contributed by atoms with Crippen LogP contribution in [-0.4, -0.2) is 30.0 Å². The summed E-state index contributed by atoms with van der Waals surface area (Å²) in [5.41, 5.74) is 1.29. The summed E-state index contributed by atoms with van der Waals surface area (Å²) in [5.74, 6) is 0.506. The summed E-state index contributed by atoms with van der Waals surface area (Å²) in [7, 11) is 0. The number of hydrogen-bond acceptors (Lipinski definition) is 3. The Bertz CT molecular complexity index is 457. The molecule has 0 aromatic heterocycles. The van der Waals surface area contributed by atoms with E-state index in [1.807, 2.05) is 6.08 Å². The fourth-order valence-electron chi connectivity index (χ4n) is 3.85. The molecular weight excluding hydrogens is 346 g/mol. The van der Waals surface area contributed by atoms with Gasteiger partial charge in [-0.1, -0.05) is 94.2 Å². The third-order valence-corrected chi connectivity index (χ3v) is 5.62. The predicted molar refractivity (Wildman–Crippen MR) is 120 cm³/mol. The standard InChI is InChI=1S/C25H43NO2/c1-2-25(24-16-12-10-13-17-24)26-20-14-9-7-5-3-4-6-8-11-15-23(18-21-27)19-22-28/h2,10,12-13,16-17,23,25-28H,1,3-9,11,14-15,18-22H2. The molecule has 0 spiro atoms. The van der Waals surface area contributed by atoms with Gasteiger partial charge >= 0.3 is 0 Å². The van der Waals surface area contributed by atoms with Crippen molar-refractivity contribution in [2.24, 2.45) is 5.92 Å². The first-order valence-corrected chi connectivity index (χ1v) is 11.4. The van der Waals surface area contributed by atoms with Gasteiger partial charge in [0, 0.05) is 13.2 Å². The molecule has 3 heteroatoms. The number of aliphatic hydroxyl groups is 2. The van der Waals surface area contributed by atoms with E-state index >= 15 is 0 Å². The smallest absolute Gasteiger partial charge is 0.0503 e. The van der Waals surface area contributed by atoms with Crippen molar-refractivity contribution in [2.75, 3.05) is 19.8 Å². The minimum atomic E-state index is 0.251. The van der Waals surface area contributed by atoms with E-state index in [9.17, 15) is 0 Å². The van der Waals surface area contributed by atoms with E-state index < -0.39 is 0 Å². The number of nitrogens with one attached hydrogen (secondary N) is 1. The Kier molecular flexibility index (Phi) is 15.9. The van der Waals surface area contributed by atoms with Gasteiger partial charge in [0.15, 0.2) is 0 Å². The quantitative estimate of drug-likeness (QED) is 0.207. The van der Waals surface area contributed by atoms with Crippen LogP contribution in [0.4, 0.5) is 0 Å². The highest BCUT2D eigenvalue weighted by atomic mass is 16.3. The molecule has 3 nitrogen and oxygen atoms in total. The zero-order chi connectivity index (χ0) is 20.3. The average molecular weight is 390 g/mol. The normalized spacial score (nSPS) is 12.4. The number of unbranched alkanes of at least 4 members (excludes halogenated alkanes) is 8. The first-order valence-electron chi connectivity index (χ1n) is 11.4. The highest BCUT2D eigenvalue weighted by molar-refractivity contribution is 5.22. The zero-order valence-corrected chi connectivity index (χ0v) is 17.8. The Morgan fingerprint density at radius 3 is 1.82 bits per heavy atom. The maximum Gasteiger partial charge on any atom is 0.0503 e. The van der Waals surface area contributed by atoms with Crippen LogP contribution in [0.15, 0.2) is 43.0 Å². The van der Waals surface area contributed by atoms with Crippen molar-refractivity contribution in [3.05, 3.63) is 48.6 Å². The summed E-state index contributed by atoms with van der Waals surface area (Å²) >= 11 is 0. The van der Waals surface area contributed by atoms with Crippen molar-refractivity contribution in [3.8, 4) is 0 Å². The van der Waals surface area contributed by atoms with Gasteiger partial charge in [-0.2, -0.15) is 0 Å². The van der Waals surface area contributed by atoms with Gasteiger partial charge in [0.05, 0.1) is 6.04 Å². The van der Waals surface area contributed by atoms with Crippen molar-refractivity contribution in [2.45, 2.75) is 83.1 Å². The lowest BCUT2D eigenvalue weighted by Gasteiger charge is -2.15. The highest BCUT2D eigenvalue weighted by Gasteiger charge is 2.07. The third kappa shape index (κ3) is 12.3. The first kappa shape index (κ1) is 24.9. The second kappa shape index (κ2) is 17.9. The van der Waals surface area contributed by atoms with Crippen LogP contribution in [0, 0.1) is 5.92 Å². The molecule has 0 fully saturated rings. The highest BCUT2D eigenvalue weighted by Crippen LogP contribution is 2.18. The molecule has 1 rings (SSSR count). The van der Waals surface area contributed by atoms with Gasteiger partial charge in [0.1, 0.15) is 0 Å². The topological polar surface area (TPSA) is 52.5 Å². The maximum atomic E-state index is 9.04. The number of hydrogen-bond donors (Lipinski definition) is 3. The molecule has 0 bridgehead atoms. The van der Waals surface area contributed by atoms with Gasteiger partial charge in [-0.05, 0) is 37.3 Å². The van der Waals surface area contributed by atoms with Gasteiger partial charge in [-0.25, -0.2) is 0 Å². The van der Waals surface area contributed by atoms with Crippen LogP contribution in [0.25, 0.3) is 0 Å². The zero-order valence-electron chi connectivity index (χ0n) is 17.8. The van der Waals surface area contributed by atoms with E-state index in [0.717, 1.165) is 25.8 Å². The maximum absolute atomic E-state index is 9.04. The fraction of sp³-hybridized carbons (Fsp3) is 0.680. The molecule has 0 saturated heterocycles. The molecule has 0 aliphatic carbocycles. The molecule has 0 aliphatic rings. The van der Waals surface area contributed by atoms with Gasteiger partial charge < -0.3 is 15.5 Å². The molecule has 1 aromatic carbocycles. The van der Waals surface area contributed by atoms with Crippen LogP contribution in [0.1, 0.15) is 88.7 Å². The molecule has 0 heterocycles. The third-order valence-electron chi connectivity index (χ3n) is 5.62. The Morgan fingerprint density at radius 1 is 0.750 bits per heavy atom. The molecule has 1 aromatic rings. The van der Waals surface area contributed by atoms with Gasteiger partial charge in [0.2, 0.25) is 0 Å². The van der Waals surface area contributed by atoms with E-state index in [-0.39, 0.29) is 19.3 Å². The van der Waals surface area contributed by atoms with Gasteiger partial charge in [-0.3, -0.25) is 0 Å². The van der Waals surface area contributed by atoms with Crippen LogP contribution in [0.5, 0.6) is 0 Å². The van der Waals surface area contributed by atoms with Gasteiger partial charge in [0.25, 0.3) is 0 Å². The lowest BCUT2D eigenvalue weighted by atomic mass is 9.94. The molecule has 3 N–H and O–H groups in total. The van der Waals surface area contributed by atoms with Crippen LogP contribution < -0.4 is 5.32 Å². The number of rotatable bonds is 19. The van der Waals surface area contributed by atoms with Crippen molar-refractivity contribution >= 4 is 0 Å². The molecule has 160 valence electrons. The van der Waals surface area contributed by atoms with Crippen molar-refractivity contribution < 1.29 is 10.2 Å². The fourth-order valence-corrected chi connectivity index (χ4v) is 3.85. The molecule has 0 saturated carbocycles. The minimum Gasteiger partial charge on any atom is -0.396 e. The monoisotopic (exact) mass is 389 g/mol. The summed E-state index contributed by atoms with van der Waals surface area (Å²) in [6.07, 6.45) is 16.6. The summed E-state index contributed by atoms with van der Waals surface area (Å²) in [4.78, 5) is 0. The van der Waals surface area contributed by atoms with Crippen LogP contribution in [0.2, 0.25) is 0 Å². The SMILES string of the molecule is C=CC(NCCCCCCCCCCCC(CCO)CCO)c1ccccc1. The lowest BCUT2D eigenvalue weighted by molar-refractivity contribution is 0.207. The second-order valence-corrected chi connectivity index (χ2v) is 7.94. The lowest BCUT2D eigenvalue weighted by Crippen LogP contribution is -2.20. The molecule has 1 atom stereocenters. The Morgan fingerprint density at radius 2 is 1.29 bits per heavy atom.